The Hall–Kier alpha value is -2.72. The number of rotatable bonds is 8. The minimum absolute atomic E-state index is 0.106. The van der Waals surface area contributed by atoms with Crippen LogP contribution in [0.25, 0.3) is 22.1 Å². The zero-order valence-electron chi connectivity index (χ0n) is 16.6. The van der Waals surface area contributed by atoms with E-state index in [-0.39, 0.29) is 11.7 Å². The Kier molecular flexibility index (Phi) is 6.67. The molecule has 0 aliphatic heterocycles. The summed E-state index contributed by atoms with van der Waals surface area (Å²) in [7, 11) is 0. The van der Waals surface area contributed by atoms with E-state index in [4.69, 9.17) is 0 Å². The van der Waals surface area contributed by atoms with Crippen LogP contribution in [0.4, 0.5) is 14.5 Å². The molecule has 0 bridgehead atoms. The highest BCUT2D eigenvalue weighted by Crippen LogP contribution is 2.28. The van der Waals surface area contributed by atoms with Crippen LogP contribution in [0.5, 0.6) is 0 Å². The zero-order valence-corrected chi connectivity index (χ0v) is 18.2. The number of aryl methyl sites for hydroxylation is 1. The predicted octanol–water partition coefficient (Wildman–Crippen LogP) is 5.44. The molecule has 160 valence electrons. The summed E-state index contributed by atoms with van der Waals surface area (Å²) in [6, 6.07) is 14.3. The van der Waals surface area contributed by atoms with Gasteiger partial charge in [0.1, 0.15) is 5.52 Å². The second kappa shape index (κ2) is 9.61. The third-order valence-electron chi connectivity index (χ3n) is 4.50. The summed E-state index contributed by atoms with van der Waals surface area (Å²) in [6.45, 7) is 2.92. The van der Waals surface area contributed by atoms with Crippen LogP contribution >= 0.6 is 23.5 Å². The molecular weight excluding hydrogens is 440 g/mol. The van der Waals surface area contributed by atoms with E-state index in [0.717, 1.165) is 35.0 Å². The lowest BCUT2D eigenvalue weighted by molar-refractivity contribution is -0.113. The molecule has 1 amide bonds. The summed E-state index contributed by atoms with van der Waals surface area (Å²) in [4.78, 5) is 17.4. The highest BCUT2D eigenvalue weighted by atomic mass is 32.2. The molecule has 6 nitrogen and oxygen atoms in total. The molecule has 0 atom stereocenters. The van der Waals surface area contributed by atoms with Gasteiger partial charge in [-0.1, -0.05) is 48.6 Å². The first-order chi connectivity index (χ1) is 15.0. The lowest BCUT2D eigenvalue weighted by Crippen LogP contribution is -2.14. The third kappa shape index (κ3) is 4.96. The van der Waals surface area contributed by atoms with Crippen molar-refractivity contribution in [1.82, 2.24) is 19.7 Å². The number of halogens is 2. The maximum Gasteiger partial charge on any atom is 0.288 e. The number of aromatic nitrogens is 4. The molecule has 0 saturated heterocycles. The second-order valence-corrected chi connectivity index (χ2v) is 8.68. The number of hydrogen-bond acceptors (Lipinski definition) is 6. The molecule has 2 heterocycles. The van der Waals surface area contributed by atoms with E-state index in [1.807, 2.05) is 24.3 Å². The van der Waals surface area contributed by atoms with Gasteiger partial charge in [-0.15, -0.1) is 10.2 Å². The second-order valence-electron chi connectivity index (χ2n) is 6.68. The van der Waals surface area contributed by atoms with Crippen molar-refractivity contribution in [2.75, 3.05) is 11.1 Å². The molecule has 0 aliphatic carbocycles. The highest BCUT2D eigenvalue weighted by Gasteiger charge is 2.15. The van der Waals surface area contributed by atoms with E-state index >= 15 is 0 Å². The number of fused-ring (bicyclic) bond motifs is 3. The SMILES string of the molecule is CCCn1c2ccccc2c2nnc(SCC(=O)Nc3ccc(SC(F)F)cc3)nc21. The van der Waals surface area contributed by atoms with Crippen molar-refractivity contribution in [2.24, 2.45) is 0 Å². The number of anilines is 1. The van der Waals surface area contributed by atoms with Crippen molar-refractivity contribution in [3.8, 4) is 0 Å². The van der Waals surface area contributed by atoms with Crippen LogP contribution in [-0.4, -0.2) is 37.2 Å². The Morgan fingerprint density at radius 3 is 2.65 bits per heavy atom. The predicted molar refractivity (Wildman–Crippen MR) is 121 cm³/mol. The quantitative estimate of drug-likeness (QED) is 0.354. The lowest BCUT2D eigenvalue weighted by Gasteiger charge is -2.06. The minimum Gasteiger partial charge on any atom is -0.325 e. The van der Waals surface area contributed by atoms with Crippen molar-refractivity contribution in [3.63, 3.8) is 0 Å². The van der Waals surface area contributed by atoms with Crippen molar-refractivity contribution >= 4 is 57.2 Å². The molecule has 0 aliphatic rings. The van der Waals surface area contributed by atoms with Crippen LogP contribution in [0.2, 0.25) is 0 Å². The molecule has 2 aromatic carbocycles. The van der Waals surface area contributed by atoms with Gasteiger partial charge in [0, 0.05) is 22.5 Å². The number of benzene rings is 2. The maximum absolute atomic E-state index is 12.4. The van der Waals surface area contributed by atoms with Gasteiger partial charge < -0.3 is 9.88 Å². The van der Waals surface area contributed by atoms with Gasteiger partial charge in [-0.2, -0.15) is 8.78 Å². The Morgan fingerprint density at radius 1 is 1.13 bits per heavy atom. The van der Waals surface area contributed by atoms with E-state index in [1.54, 1.807) is 24.3 Å². The molecule has 4 aromatic rings. The number of carbonyl (C=O) groups excluding carboxylic acids is 1. The normalized spacial score (nSPS) is 11.5. The van der Waals surface area contributed by atoms with Crippen molar-refractivity contribution in [2.45, 2.75) is 35.7 Å². The molecule has 1 N–H and O–H groups in total. The summed E-state index contributed by atoms with van der Waals surface area (Å²) < 4.78 is 26.9. The summed E-state index contributed by atoms with van der Waals surface area (Å²) in [6.07, 6.45) is 0.956. The Labute approximate surface area is 185 Å². The van der Waals surface area contributed by atoms with Gasteiger partial charge in [0.2, 0.25) is 11.1 Å². The third-order valence-corrected chi connectivity index (χ3v) is 6.06. The van der Waals surface area contributed by atoms with Crippen LogP contribution in [0.15, 0.2) is 58.6 Å². The summed E-state index contributed by atoms with van der Waals surface area (Å²) in [5.74, 6) is -2.61. The number of alkyl halides is 2. The Balaban J connectivity index is 1.45. The average molecular weight is 460 g/mol. The number of carbonyl (C=O) groups is 1. The van der Waals surface area contributed by atoms with Gasteiger partial charge >= 0.3 is 0 Å². The van der Waals surface area contributed by atoms with Crippen molar-refractivity contribution in [3.05, 3.63) is 48.5 Å². The van der Waals surface area contributed by atoms with E-state index in [9.17, 15) is 13.6 Å². The number of hydrogen-bond donors (Lipinski definition) is 1. The van der Waals surface area contributed by atoms with Crippen molar-refractivity contribution in [1.29, 1.82) is 0 Å². The molecule has 0 radical (unpaired) electrons. The lowest BCUT2D eigenvalue weighted by atomic mass is 10.2. The fourth-order valence-corrected chi connectivity index (χ4v) is 4.33. The fourth-order valence-electron chi connectivity index (χ4n) is 3.25. The largest absolute Gasteiger partial charge is 0.325 e. The van der Waals surface area contributed by atoms with Gasteiger partial charge in [-0.25, -0.2) is 4.98 Å². The van der Waals surface area contributed by atoms with E-state index in [2.05, 4.69) is 32.0 Å². The van der Waals surface area contributed by atoms with E-state index < -0.39 is 5.76 Å². The van der Waals surface area contributed by atoms with Gasteiger partial charge in [0.15, 0.2) is 5.65 Å². The topological polar surface area (TPSA) is 72.7 Å². The molecule has 0 spiro atoms. The van der Waals surface area contributed by atoms with Crippen LogP contribution in [-0.2, 0) is 11.3 Å². The van der Waals surface area contributed by atoms with Gasteiger partial charge in [0.25, 0.3) is 5.76 Å². The van der Waals surface area contributed by atoms with Crippen LogP contribution in [0.3, 0.4) is 0 Å². The number of para-hydroxylation sites is 1. The molecule has 10 heteroatoms. The molecule has 2 aromatic heterocycles. The Morgan fingerprint density at radius 2 is 1.90 bits per heavy atom. The molecular formula is C21H19F2N5OS2. The number of thioether (sulfide) groups is 2. The van der Waals surface area contributed by atoms with Gasteiger partial charge in [-0.05, 0) is 36.8 Å². The molecule has 0 fully saturated rings. The average Bonchev–Trinajstić information content (AvgIpc) is 3.07. The van der Waals surface area contributed by atoms with Crippen LogP contribution in [0, 0.1) is 0 Å². The van der Waals surface area contributed by atoms with Crippen LogP contribution in [0.1, 0.15) is 13.3 Å². The van der Waals surface area contributed by atoms with Gasteiger partial charge in [0.05, 0.1) is 11.3 Å². The van der Waals surface area contributed by atoms with Crippen molar-refractivity contribution < 1.29 is 13.6 Å². The first-order valence-electron chi connectivity index (χ1n) is 9.64. The fraction of sp³-hybridized carbons (Fsp3) is 0.238. The zero-order chi connectivity index (χ0) is 21.8. The molecule has 0 saturated carbocycles. The summed E-state index contributed by atoms with van der Waals surface area (Å²) in [5.41, 5.74) is 3.11. The van der Waals surface area contributed by atoms with E-state index in [0.29, 0.717) is 27.5 Å². The summed E-state index contributed by atoms with van der Waals surface area (Å²) in [5, 5.41) is 12.7. The molecule has 31 heavy (non-hydrogen) atoms. The number of amides is 1. The number of nitrogens with one attached hydrogen (secondary N) is 1. The molecule has 4 rings (SSSR count). The standard InChI is InChI=1S/C21H19F2N5OS2/c1-2-11-28-16-6-4-3-5-15(16)18-19(28)25-21(27-26-18)30-12-17(29)24-13-7-9-14(10-8-13)31-20(22)23/h3-10,20H,2,11-12H2,1H3,(H,24,29). The van der Waals surface area contributed by atoms with Crippen LogP contribution < -0.4 is 5.32 Å². The monoisotopic (exact) mass is 459 g/mol. The smallest absolute Gasteiger partial charge is 0.288 e. The first-order valence-corrected chi connectivity index (χ1v) is 11.5. The van der Waals surface area contributed by atoms with E-state index in [1.165, 1.54) is 11.8 Å². The number of nitrogens with zero attached hydrogens (tertiary/aromatic N) is 4. The first kappa shape index (κ1) is 21.5. The summed E-state index contributed by atoms with van der Waals surface area (Å²) >= 11 is 1.66. The van der Waals surface area contributed by atoms with Gasteiger partial charge in [-0.3, -0.25) is 4.79 Å². The minimum atomic E-state index is -2.47. The molecule has 0 unspecified atom stereocenters. The maximum atomic E-state index is 12.4. The Bertz CT molecular complexity index is 1210. The highest BCUT2D eigenvalue weighted by molar-refractivity contribution is 8.00.